The van der Waals surface area contributed by atoms with Crippen LogP contribution in [0.2, 0.25) is 0 Å². The molecule has 0 aromatic carbocycles. The summed E-state index contributed by atoms with van der Waals surface area (Å²) in [6.45, 7) is 0.516. The highest BCUT2D eigenvalue weighted by Gasteiger charge is 2.53. The minimum atomic E-state index is -0.591. The molecule has 1 aliphatic carbocycles. The molecule has 1 spiro atoms. The van der Waals surface area contributed by atoms with Crippen LogP contribution >= 0.6 is 0 Å². The van der Waals surface area contributed by atoms with E-state index in [-0.39, 0.29) is 18.5 Å². The van der Waals surface area contributed by atoms with Gasteiger partial charge in [-0.2, -0.15) is 0 Å². The van der Waals surface area contributed by atoms with Crippen LogP contribution in [0.4, 0.5) is 4.79 Å². The SMILES string of the molecule is O=C1NC(=O)C2(CCCC2)N1CCCO. The Labute approximate surface area is 88.4 Å². The number of hydrogen-bond acceptors (Lipinski definition) is 3. The fourth-order valence-corrected chi connectivity index (χ4v) is 2.60. The molecule has 84 valence electrons. The van der Waals surface area contributed by atoms with Gasteiger partial charge in [-0.25, -0.2) is 4.79 Å². The lowest BCUT2D eigenvalue weighted by atomic mass is 9.96. The summed E-state index contributed by atoms with van der Waals surface area (Å²) in [7, 11) is 0. The van der Waals surface area contributed by atoms with E-state index < -0.39 is 5.54 Å². The Balaban J connectivity index is 2.17. The standard InChI is InChI=1S/C10H16N2O3/c13-7-3-6-12-9(15)11-8(14)10(12)4-1-2-5-10/h13H,1-7H2,(H,11,14,15). The van der Waals surface area contributed by atoms with Crippen molar-refractivity contribution in [3.63, 3.8) is 0 Å². The highest BCUT2D eigenvalue weighted by molar-refractivity contribution is 6.07. The second-order valence-electron chi connectivity index (χ2n) is 4.23. The summed E-state index contributed by atoms with van der Waals surface area (Å²) in [6.07, 6.45) is 4.04. The summed E-state index contributed by atoms with van der Waals surface area (Å²) >= 11 is 0. The normalized spacial score (nSPS) is 23.9. The molecule has 0 atom stereocenters. The molecule has 0 bridgehead atoms. The van der Waals surface area contributed by atoms with Crippen LogP contribution < -0.4 is 5.32 Å². The minimum Gasteiger partial charge on any atom is -0.396 e. The molecule has 0 radical (unpaired) electrons. The molecule has 0 aromatic heterocycles. The van der Waals surface area contributed by atoms with Crippen LogP contribution in [0.5, 0.6) is 0 Å². The highest BCUT2D eigenvalue weighted by atomic mass is 16.3. The highest BCUT2D eigenvalue weighted by Crippen LogP contribution is 2.38. The van der Waals surface area contributed by atoms with Crippen molar-refractivity contribution in [2.24, 2.45) is 0 Å². The Hall–Kier alpha value is -1.10. The maximum Gasteiger partial charge on any atom is 0.325 e. The molecular formula is C10H16N2O3. The average molecular weight is 212 g/mol. The van der Waals surface area contributed by atoms with Crippen LogP contribution in [-0.4, -0.2) is 40.6 Å². The van der Waals surface area contributed by atoms with Crippen molar-refractivity contribution >= 4 is 11.9 Å². The monoisotopic (exact) mass is 212 g/mol. The lowest BCUT2D eigenvalue weighted by Gasteiger charge is -2.31. The molecule has 1 saturated heterocycles. The molecule has 1 saturated carbocycles. The zero-order valence-corrected chi connectivity index (χ0v) is 8.66. The second kappa shape index (κ2) is 3.81. The first-order valence-electron chi connectivity index (χ1n) is 5.45. The van der Waals surface area contributed by atoms with Crippen LogP contribution in [0, 0.1) is 0 Å². The number of amides is 3. The first kappa shape index (κ1) is 10.4. The van der Waals surface area contributed by atoms with E-state index in [9.17, 15) is 9.59 Å². The summed E-state index contributed by atoms with van der Waals surface area (Å²) in [6, 6.07) is -0.296. The Bertz CT molecular complexity index is 284. The van der Waals surface area contributed by atoms with Crippen LogP contribution in [-0.2, 0) is 4.79 Å². The van der Waals surface area contributed by atoms with Gasteiger partial charge in [0.25, 0.3) is 5.91 Å². The summed E-state index contributed by atoms with van der Waals surface area (Å²) in [5, 5.41) is 11.1. The summed E-state index contributed by atoms with van der Waals surface area (Å²) in [4.78, 5) is 24.9. The van der Waals surface area contributed by atoms with E-state index in [4.69, 9.17) is 5.11 Å². The van der Waals surface area contributed by atoms with Crippen molar-refractivity contribution in [2.75, 3.05) is 13.2 Å². The number of rotatable bonds is 3. The van der Waals surface area contributed by atoms with Crippen LogP contribution in [0.1, 0.15) is 32.1 Å². The van der Waals surface area contributed by atoms with Gasteiger partial charge in [0.15, 0.2) is 0 Å². The van der Waals surface area contributed by atoms with Gasteiger partial charge >= 0.3 is 6.03 Å². The Morgan fingerprint density at radius 3 is 2.60 bits per heavy atom. The Morgan fingerprint density at radius 1 is 1.33 bits per heavy atom. The van der Waals surface area contributed by atoms with Crippen LogP contribution in [0.25, 0.3) is 0 Å². The second-order valence-corrected chi connectivity index (χ2v) is 4.23. The number of aliphatic hydroxyl groups is 1. The lowest BCUT2D eigenvalue weighted by molar-refractivity contribution is -0.126. The quantitative estimate of drug-likeness (QED) is 0.658. The molecule has 2 aliphatic rings. The molecular weight excluding hydrogens is 196 g/mol. The third-order valence-corrected chi connectivity index (χ3v) is 3.38. The molecule has 5 nitrogen and oxygen atoms in total. The molecule has 2 N–H and O–H groups in total. The van der Waals surface area contributed by atoms with Crippen molar-refractivity contribution < 1.29 is 14.7 Å². The number of urea groups is 1. The minimum absolute atomic E-state index is 0.0497. The predicted octanol–water partition coefficient (Wildman–Crippen LogP) is 0.233. The summed E-state index contributed by atoms with van der Waals surface area (Å²) in [5.74, 6) is -0.150. The van der Waals surface area contributed by atoms with E-state index in [0.29, 0.717) is 13.0 Å². The topological polar surface area (TPSA) is 69.6 Å². The van der Waals surface area contributed by atoms with E-state index in [1.165, 1.54) is 0 Å². The zero-order valence-electron chi connectivity index (χ0n) is 8.66. The molecule has 1 heterocycles. The average Bonchev–Trinajstić information content (AvgIpc) is 2.75. The van der Waals surface area contributed by atoms with Crippen molar-refractivity contribution in [2.45, 2.75) is 37.6 Å². The number of imide groups is 1. The van der Waals surface area contributed by atoms with Crippen LogP contribution in [0.3, 0.4) is 0 Å². The summed E-state index contributed by atoms with van der Waals surface area (Å²) in [5.41, 5.74) is -0.591. The molecule has 1 aliphatic heterocycles. The fraction of sp³-hybridized carbons (Fsp3) is 0.800. The van der Waals surface area contributed by atoms with Crippen LogP contribution in [0.15, 0.2) is 0 Å². The number of carbonyl (C=O) groups is 2. The van der Waals surface area contributed by atoms with E-state index in [1.807, 2.05) is 0 Å². The van der Waals surface area contributed by atoms with Gasteiger partial charge in [0, 0.05) is 13.2 Å². The molecule has 5 heteroatoms. The summed E-state index contributed by atoms with van der Waals surface area (Å²) < 4.78 is 0. The van der Waals surface area contributed by atoms with E-state index in [2.05, 4.69) is 5.32 Å². The van der Waals surface area contributed by atoms with Crippen molar-refractivity contribution in [1.29, 1.82) is 0 Å². The zero-order chi connectivity index (χ0) is 10.9. The molecule has 15 heavy (non-hydrogen) atoms. The van der Waals surface area contributed by atoms with Crippen molar-refractivity contribution in [3.05, 3.63) is 0 Å². The molecule has 3 amide bonds. The third-order valence-electron chi connectivity index (χ3n) is 3.38. The van der Waals surface area contributed by atoms with Gasteiger partial charge in [-0.1, -0.05) is 12.8 Å². The van der Waals surface area contributed by atoms with Gasteiger partial charge in [0.1, 0.15) is 5.54 Å². The van der Waals surface area contributed by atoms with Gasteiger partial charge in [-0.15, -0.1) is 0 Å². The number of nitrogens with one attached hydrogen (secondary N) is 1. The van der Waals surface area contributed by atoms with Crippen molar-refractivity contribution in [3.8, 4) is 0 Å². The molecule has 2 rings (SSSR count). The Morgan fingerprint density at radius 2 is 2.00 bits per heavy atom. The van der Waals surface area contributed by atoms with Gasteiger partial charge in [-0.05, 0) is 19.3 Å². The smallest absolute Gasteiger partial charge is 0.325 e. The maximum absolute atomic E-state index is 11.7. The number of nitrogens with zero attached hydrogens (tertiary/aromatic N) is 1. The lowest BCUT2D eigenvalue weighted by Crippen LogP contribution is -2.47. The van der Waals surface area contributed by atoms with Gasteiger partial charge in [0.05, 0.1) is 0 Å². The van der Waals surface area contributed by atoms with E-state index in [0.717, 1.165) is 25.7 Å². The van der Waals surface area contributed by atoms with Gasteiger partial charge < -0.3 is 10.0 Å². The fourth-order valence-electron chi connectivity index (χ4n) is 2.60. The largest absolute Gasteiger partial charge is 0.396 e. The molecule has 0 unspecified atom stereocenters. The molecule has 0 aromatic rings. The number of hydrogen-bond donors (Lipinski definition) is 2. The van der Waals surface area contributed by atoms with Gasteiger partial charge in [-0.3, -0.25) is 10.1 Å². The first-order valence-corrected chi connectivity index (χ1v) is 5.45. The number of aliphatic hydroxyl groups excluding tert-OH is 1. The molecule has 2 fully saturated rings. The first-order chi connectivity index (χ1) is 7.20. The third kappa shape index (κ3) is 1.51. The maximum atomic E-state index is 11.7. The number of carbonyl (C=O) groups excluding carboxylic acids is 2. The van der Waals surface area contributed by atoms with E-state index in [1.54, 1.807) is 4.90 Å². The Kier molecular flexibility index (Phi) is 2.65. The predicted molar refractivity (Wildman–Crippen MR) is 53.1 cm³/mol. The van der Waals surface area contributed by atoms with E-state index >= 15 is 0 Å². The van der Waals surface area contributed by atoms with Gasteiger partial charge in [0.2, 0.25) is 0 Å². The van der Waals surface area contributed by atoms with Crippen molar-refractivity contribution in [1.82, 2.24) is 10.2 Å².